The smallest absolute Gasteiger partial charge is 0.240 e. The fourth-order valence-electron chi connectivity index (χ4n) is 2.70. The minimum atomic E-state index is -3.43. The van der Waals surface area contributed by atoms with Crippen molar-refractivity contribution < 1.29 is 13.2 Å². The molecule has 0 spiro atoms. The highest BCUT2D eigenvalue weighted by Crippen LogP contribution is 2.23. The Hall–Kier alpha value is -1.07. The first-order chi connectivity index (χ1) is 9.53. The Balaban J connectivity index is 2.15. The fraction of sp³-hybridized carbons (Fsp3) is 0.600. The molecule has 1 aliphatic carbocycles. The molecule has 0 aliphatic heterocycles. The molecular weight excluding hydrogens is 274 g/mol. The standard InChI is InChI=1S/C15H23NO3S/c1-12-11-14(9-10-15(12)19-2)20(17,18)16-13-7-5-3-4-6-8-13/h9-11,13,16H,3-8H2,1-2H3. The molecule has 0 amide bonds. The van der Waals surface area contributed by atoms with Crippen molar-refractivity contribution in [2.24, 2.45) is 0 Å². The van der Waals surface area contributed by atoms with E-state index in [0.717, 1.165) is 31.2 Å². The molecule has 2 rings (SSSR count). The number of benzene rings is 1. The van der Waals surface area contributed by atoms with Crippen LogP contribution in [-0.4, -0.2) is 21.6 Å². The minimum Gasteiger partial charge on any atom is -0.496 e. The van der Waals surface area contributed by atoms with Crippen molar-refractivity contribution in [1.82, 2.24) is 4.72 Å². The molecule has 0 atom stereocenters. The van der Waals surface area contributed by atoms with E-state index in [1.807, 2.05) is 6.92 Å². The molecule has 112 valence electrons. The molecule has 0 saturated heterocycles. The van der Waals surface area contributed by atoms with Crippen molar-refractivity contribution in [1.29, 1.82) is 0 Å². The predicted octanol–water partition coefficient (Wildman–Crippen LogP) is 3.00. The zero-order chi connectivity index (χ0) is 14.6. The highest BCUT2D eigenvalue weighted by Gasteiger charge is 2.21. The maximum absolute atomic E-state index is 12.4. The second-order valence-corrected chi connectivity index (χ2v) is 7.16. The van der Waals surface area contributed by atoms with E-state index in [1.54, 1.807) is 25.3 Å². The highest BCUT2D eigenvalue weighted by atomic mass is 32.2. The molecule has 1 saturated carbocycles. The van der Waals surface area contributed by atoms with Crippen LogP contribution in [0.5, 0.6) is 5.75 Å². The van der Waals surface area contributed by atoms with E-state index in [1.165, 1.54) is 12.8 Å². The van der Waals surface area contributed by atoms with Gasteiger partial charge in [-0.1, -0.05) is 25.7 Å². The zero-order valence-corrected chi connectivity index (χ0v) is 13.0. The lowest BCUT2D eigenvalue weighted by Crippen LogP contribution is -2.34. The molecule has 1 aromatic carbocycles. The Morgan fingerprint density at radius 2 is 1.80 bits per heavy atom. The highest BCUT2D eigenvalue weighted by molar-refractivity contribution is 7.89. The summed E-state index contributed by atoms with van der Waals surface area (Å²) in [6, 6.07) is 5.05. The fourth-order valence-corrected chi connectivity index (χ4v) is 4.09. The van der Waals surface area contributed by atoms with Crippen LogP contribution in [0, 0.1) is 6.92 Å². The summed E-state index contributed by atoms with van der Waals surface area (Å²) in [5.41, 5.74) is 0.830. The van der Waals surface area contributed by atoms with Crippen LogP contribution in [0.2, 0.25) is 0 Å². The Labute approximate surface area is 121 Å². The van der Waals surface area contributed by atoms with E-state index in [0.29, 0.717) is 10.6 Å². The van der Waals surface area contributed by atoms with E-state index >= 15 is 0 Å². The number of nitrogens with one attached hydrogen (secondary N) is 1. The van der Waals surface area contributed by atoms with E-state index in [2.05, 4.69) is 4.72 Å². The Morgan fingerprint density at radius 1 is 1.15 bits per heavy atom. The third-order valence-corrected chi connectivity index (χ3v) is 5.37. The van der Waals surface area contributed by atoms with Crippen molar-refractivity contribution in [2.75, 3.05) is 7.11 Å². The van der Waals surface area contributed by atoms with Crippen molar-refractivity contribution >= 4 is 10.0 Å². The largest absolute Gasteiger partial charge is 0.496 e. The number of aryl methyl sites for hydroxylation is 1. The molecule has 1 N–H and O–H groups in total. The van der Waals surface area contributed by atoms with Gasteiger partial charge in [-0.2, -0.15) is 0 Å². The summed E-state index contributed by atoms with van der Waals surface area (Å²) in [6.07, 6.45) is 6.51. The van der Waals surface area contributed by atoms with Gasteiger partial charge in [0, 0.05) is 6.04 Å². The molecule has 1 aliphatic rings. The number of ether oxygens (including phenoxy) is 1. The second kappa shape index (κ2) is 6.59. The first-order valence-corrected chi connectivity index (χ1v) is 8.68. The van der Waals surface area contributed by atoms with Gasteiger partial charge in [0.05, 0.1) is 12.0 Å². The van der Waals surface area contributed by atoms with E-state index < -0.39 is 10.0 Å². The van der Waals surface area contributed by atoms with Gasteiger partial charge in [0.25, 0.3) is 0 Å². The van der Waals surface area contributed by atoms with E-state index in [4.69, 9.17) is 4.74 Å². The van der Waals surface area contributed by atoms with Crippen molar-refractivity contribution in [3.8, 4) is 5.75 Å². The van der Waals surface area contributed by atoms with Gasteiger partial charge in [0.15, 0.2) is 0 Å². The van der Waals surface area contributed by atoms with Crippen LogP contribution in [0.3, 0.4) is 0 Å². The molecule has 0 heterocycles. The lowest BCUT2D eigenvalue weighted by Gasteiger charge is -2.17. The van der Waals surface area contributed by atoms with Gasteiger partial charge in [0.2, 0.25) is 10.0 Å². The monoisotopic (exact) mass is 297 g/mol. The van der Waals surface area contributed by atoms with Gasteiger partial charge in [-0.3, -0.25) is 0 Å². The molecule has 0 bridgehead atoms. The first kappa shape index (κ1) is 15.3. The van der Waals surface area contributed by atoms with Crippen LogP contribution in [0.4, 0.5) is 0 Å². The molecule has 0 unspecified atom stereocenters. The van der Waals surface area contributed by atoms with Crippen LogP contribution in [0.25, 0.3) is 0 Å². The number of rotatable bonds is 4. The quantitative estimate of drug-likeness (QED) is 0.869. The minimum absolute atomic E-state index is 0.0740. The summed E-state index contributed by atoms with van der Waals surface area (Å²) < 4.78 is 32.8. The SMILES string of the molecule is COc1ccc(S(=O)(=O)NC2CCCCCC2)cc1C. The third kappa shape index (κ3) is 3.73. The van der Waals surface area contributed by atoms with Crippen LogP contribution < -0.4 is 9.46 Å². The van der Waals surface area contributed by atoms with Gasteiger partial charge < -0.3 is 4.74 Å². The average Bonchev–Trinajstić information content (AvgIpc) is 2.66. The molecule has 4 nitrogen and oxygen atoms in total. The summed E-state index contributed by atoms with van der Waals surface area (Å²) in [4.78, 5) is 0.319. The second-order valence-electron chi connectivity index (χ2n) is 5.44. The zero-order valence-electron chi connectivity index (χ0n) is 12.2. The predicted molar refractivity (Wildman–Crippen MR) is 79.5 cm³/mol. The molecule has 0 radical (unpaired) electrons. The average molecular weight is 297 g/mol. The normalized spacial score (nSPS) is 17.7. The summed E-state index contributed by atoms with van der Waals surface area (Å²) >= 11 is 0. The van der Waals surface area contributed by atoms with Crippen molar-refractivity contribution in [2.45, 2.75) is 56.4 Å². The topological polar surface area (TPSA) is 55.4 Å². The molecule has 1 aromatic rings. The Kier molecular flexibility index (Phi) is 5.05. The van der Waals surface area contributed by atoms with Gasteiger partial charge in [0.1, 0.15) is 5.75 Å². The molecule has 20 heavy (non-hydrogen) atoms. The summed E-state index contributed by atoms with van der Waals surface area (Å²) in [5.74, 6) is 0.707. The van der Waals surface area contributed by atoms with E-state index in [-0.39, 0.29) is 6.04 Å². The van der Waals surface area contributed by atoms with Crippen LogP contribution >= 0.6 is 0 Å². The number of methoxy groups -OCH3 is 1. The van der Waals surface area contributed by atoms with Crippen molar-refractivity contribution in [3.05, 3.63) is 23.8 Å². The van der Waals surface area contributed by atoms with E-state index in [9.17, 15) is 8.42 Å². The van der Waals surface area contributed by atoms with Crippen LogP contribution in [-0.2, 0) is 10.0 Å². The summed E-state index contributed by atoms with van der Waals surface area (Å²) in [6.45, 7) is 1.85. The summed E-state index contributed by atoms with van der Waals surface area (Å²) in [5, 5.41) is 0. The number of hydrogen-bond acceptors (Lipinski definition) is 3. The maximum Gasteiger partial charge on any atom is 0.240 e. The van der Waals surface area contributed by atoms with Gasteiger partial charge in [-0.25, -0.2) is 13.1 Å². The molecule has 0 aromatic heterocycles. The lowest BCUT2D eigenvalue weighted by atomic mass is 10.1. The van der Waals surface area contributed by atoms with Gasteiger partial charge >= 0.3 is 0 Å². The first-order valence-electron chi connectivity index (χ1n) is 7.20. The number of sulfonamides is 1. The molecule has 5 heteroatoms. The molecule has 1 fully saturated rings. The van der Waals surface area contributed by atoms with Crippen LogP contribution in [0.15, 0.2) is 23.1 Å². The summed E-state index contributed by atoms with van der Waals surface area (Å²) in [7, 11) is -1.85. The van der Waals surface area contributed by atoms with Crippen molar-refractivity contribution in [3.63, 3.8) is 0 Å². The van der Waals surface area contributed by atoms with Gasteiger partial charge in [-0.05, 0) is 43.5 Å². The maximum atomic E-state index is 12.4. The number of hydrogen-bond donors (Lipinski definition) is 1. The third-order valence-electron chi connectivity index (χ3n) is 3.85. The van der Waals surface area contributed by atoms with Crippen LogP contribution in [0.1, 0.15) is 44.1 Å². The van der Waals surface area contributed by atoms with Gasteiger partial charge in [-0.15, -0.1) is 0 Å². The Bertz CT molecular complexity index is 546. The molecular formula is C15H23NO3S. The lowest BCUT2D eigenvalue weighted by molar-refractivity contribution is 0.411. The Morgan fingerprint density at radius 3 is 2.35 bits per heavy atom.